The van der Waals surface area contributed by atoms with Crippen molar-refractivity contribution < 1.29 is 9.90 Å². The summed E-state index contributed by atoms with van der Waals surface area (Å²) < 4.78 is 0. The number of likely N-dealkylation sites (tertiary alicyclic amines) is 1. The molecule has 1 aromatic rings. The maximum absolute atomic E-state index is 12.1. The number of hydrogen-bond acceptors (Lipinski definition) is 3. The van der Waals surface area contributed by atoms with Crippen LogP contribution in [0.4, 0.5) is 0 Å². The molecule has 1 saturated heterocycles. The van der Waals surface area contributed by atoms with Crippen LogP contribution in [0.15, 0.2) is 24.3 Å². The van der Waals surface area contributed by atoms with E-state index in [1.807, 2.05) is 36.1 Å². The van der Waals surface area contributed by atoms with E-state index >= 15 is 0 Å². The molecule has 5 heteroatoms. The van der Waals surface area contributed by atoms with Gasteiger partial charge in [-0.3, -0.25) is 9.69 Å². The number of rotatable bonds is 5. The molecular formula is C16H21ClN2O2. The summed E-state index contributed by atoms with van der Waals surface area (Å²) in [7, 11) is 0. The highest BCUT2D eigenvalue weighted by Gasteiger charge is 2.51. The maximum Gasteiger partial charge on any atom is 0.234 e. The van der Waals surface area contributed by atoms with Gasteiger partial charge in [0.1, 0.15) is 0 Å². The Bertz CT molecular complexity index is 539. The molecule has 1 heterocycles. The summed E-state index contributed by atoms with van der Waals surface area (Å²) in [5, 5.41) is 13.9. The number of nitrogens with one attached hydrogen (secondary N) is 1. The molecule has 114 valence electrons. The largest absolute Gasteiger partial charge is 0.387 e. The van der Waals surface area contributed by atoms with Crippen LogP contribution in [0.2, 0.25) is 5.02 Å². The van der Waals surface area contributed by atoms with Crippen molar-refractivity contribution in [1.82, 2.24) is 10.2 Å². The van der Waals surface area contributed by atoms with Gasteiger partial charge in [-0.25, -0.2) is 0 Å². The first-order chi connectivity index (χ1) is 9.98. The molecule has 3 rings (SSSR count). The Kier molecular flexibility index (Phi) is 3.95. The van der Waals surface area contributed by atoms with Crippen molar-refractivity contribution in [3.8, 4) is 0 Å². The first kappa shape index (κ1) is 14.8. The number of carbonyl (C=O) groups is 1. The predicted molar refractivity (Wildman–Crippen MR) is 82.1 cm³/mol. The van der Waals surface area contributed by atoms with Gasteiger partial charge >= 0.3 is 0 Å². The average molecular weight is 309 g/mol. The molecule has 1 atom stereocenters. The quantitative estimate of drug-likeness (QED) is 0.874. The molecule has 2 N–H and O–H groups in total. The lowest BCUT2D eigenvalue weighted by molar-refractivity contribution is -0.137. The number of halogens is 1. The van der Waals surface area contributed by atoms with Crippen molar-refractivity contribution >= 4 is 17.5 Å². The van der Waals surface area contributed by atoms with E-state index in [1.165, 1.54) is 0 Å². The molecule has 1 aliphatic carbocycles. The van der Waals surface area contributed by atoms with Crippen molar-refractivity contribution in [2.75, 3.05) is 19.6 Å². The van der Waals surface area contributed by atoms with E-state index < -0.39 is 5.60 Å². The fourth-order valence-electron chi connectivity index (χ4n) is 3.11. The second-order valence-corrected chi connectivity index (χ2v) is 6.74. The average Bonchev–Trinajstić information content (AvgIpc) is 3.21. The minimum atomic E-state index is -0.533. The molecule has 2 fully saturated rings. The van der Waals surface area contributed by atoms with E-state index in [9.17, 15) is 9.90 Å². The Morgan fingerprint density at radius 3 is 2.76 bits per heavy atom. The van der Waals surface area contributed by atoms with E-state index in [1.54, 1.807) is 0 Å². The van der Waals surface area contributed by atoms with E-state index in [2.05, 4.69) is 5.32 Å². The highest BCUT2D eigenvalue weighted by atomic mass is 35.5. The summed E-state index contributed by atoms with van der Waals surface area (Å²) in [5.41, 5.74) is 0.389. The number of hydrogen-bond donors (Lipinski definition) is 2. The monoisotopic (exact) mass is 308 g/mol. The maximum atomic E-state index is 12.1. The van der Waals surface area contributed by atoms with Crippen LogP contribution in [0.3, 0.4) is 0 Å². The van der Waals surface area contributed by atoms with Crippen LogP contribution < -0.4 is 5.32 Å². The second-order valence-electron chi connectivity index (χ2n) is 6.33. The van der Waals surface area contributed by atoms with Gasteiger partial charge in [0.05, 0.1) is 18.2 Å². The molecule has 1 aromatic carbocycles. The summed E-state index contributed by atoms with van der Waals surface area (Å²) in [4.78, 5) is 14.1. The summed E-state index contributed by atoms with van der Waals surface area (Å²) in [6.45, 7) is 3.50. The minimum absolute atomic E-state index is 0.0275. The summed E-state index contributed by atoms with van der Waals surface area (Å²) in [6.07, 6.45) is 2.25. The molecule has 1 saturated carbocycles. The zero-order valence-electron chi connectivity index (χ0n) is 12.2. The van der Waals surface area contributed by atoms with Gasteiger partial charge in [0, 0.05) is 18.1 Å². The first-order valence-corrected chi connectivity index (χ1v) is 7.84. The molecule has 0 spiro atoms. The predicted octanol–water partition coefficient (Wildman–Crippen LogP) is 1.97. The van der Waals surface area contributed by atoms with Gasteiger partial charge in [0.2, 0.25) is 5.91 Å². The zero-order chi connectivity index (χ0) is 15.0. The van der Waals surface area contributed by atoms with Crippen molar-refractivity contribution in [2.24, 2.45) is 5.92 Å². The summed E-state index contributed by atoms with van der Waals surface area (Å²) in [5.74, 6) is 0.430. The van der Waals surface area contributed by atoms with Gasteiger partial charge in [0.15, 0.2) is 0 Å². The van der Waals surface area contributed by atoms with E-state index in [-0.39, 0.29) is 11.9 Å². The topological polar surface area (TPSA) is 52.6 Å². The van der Waals surface area contributed by atoms with E-state index in [4.69, 9.17) is 11.6 Å². The highest BCUT2D eigenvalue weighted by molar-refractivity contribution is 6.31. The van der Waals surface area contributed by atoms with Crippen molar-refractivity contribution in [2.45, 2.75) is 31.4 Å². The van der Waals surface area contributed by atoms with Crippen LogP contribution in [-0.2, 0) is 4.79 Å². The van der Waals surface area contributed by atoms with Gasteiger partial charge in [-0.15, -0.1) is 0 Å². The van der Waals surface area contributed by atoms with Crippen LogP contribution in [-0.4, -0.2) is 41.1 Å². The number of amides is 1. The third-order valence-corrected chi connectivity index (χ3v) is 4.79. The van der Waals surface area contributed by atoms with Gasteiger partial charge in [0.25, 0.3) is 0 Å². The van der Waals surface area contributed by atoms with E-state index in [0.717, 1.165) is 18.4 Å². The third kappa shape index (κ3) is 3.23. The standard InChI is InChI=1S/C16H21ClN2O2/c1-11(13-4-2-3-5-14(13)17)18-15(20)8-19-9-16(21,10-19)12-6-7-12/h2-5,11-12,21H,6-10H2,1H3,(H,18,20). The Balaban J connectivity index is 1.48. The number of aliphatic hydroxyl groups is 1. The molecule has 0 bridgehead atoms. The third-order valence-electron chi connectivity index (χ3n) is 4.45. The Labute approximate surface area is 130 Å². The molecule has 1 amide bonds. The normalized spacial score (nSPS) is 22.4. The lowest BCUT2D eigenvalue weighted by Crippen LogP contribution is -2.64. The number of β-amino-alcohol motifs (C(OH)–C–C–N with tert-alkyl or cyclic N) is 1. The van der Waals surface area contributed by atoms with Crippen LogP contribution in [0.5, 0.6) is 0 Å². The molecule has 1 unspecified atom stereocenters. The van der Waals surface area contributed by atoms with Crippen molar-refractivity contribution in [3.05, 3.63) is 34.9 Å². The fourth-order valence-corrected chi connectivity index (χ4v) is 3.41. The van der Waals surface area contributed by atoms with Crippen molar-refractivity contribution in [3.63, 3.8) is 0 Å². The Morgan fingerprint density at radius 2 is 2.14 bits per heavy atom. The van der Waals surface area contributed by atoms with Crippen LogP contribution in [0.25, 0.3) is 0 Å². The molecule has 21 heavy (non-hydrogen) atoms. The lowest BCUT2D eigenvalue weighted by Gasteiger charge is -2.46. The minimum Gasteiger partial charge on any atom is -0.387 e. The highest BCUT2D eigenvalue weighted by Crippen LogP contribution is 2.44. The molecule has 4 nitrogen and oxygen atoms in total. The first-order valence-electron chi connectivity index (χ1n) is 7.46. The summed E-state index contributed by atoms with van der Waals surface area (Å²) in [6, 6.07) is 7.41. The van der Waals surface area contributed by atoms with Crippen LogP contribution >= 0.6 is 11.6 Å². The number of carbonyl (C=O) groups excluding carboxylic acids is 1. The molecular weight excluding hydrogens is 288 g/mol. The van der Waals surface area contributed by atoms with Gasteiger partial charge in [-0.1, -0.05) is 29.8 Å². The second kappa shape index (κ2) is 5.59. The van der Waals surface area contributed by atoms with Gasteiger partial charge < -0.3 is 10.4 Å². The Hall–Kier alpha value is -1.10. The number of benzene rings is 1. The van der Waals surface area contributed by atoms with Crippen molar-refractivity contribution in [1.29, 1.82) is 0 Å². The molecule has 0 radical (unpaired) electrons. The van der Waals surface area contributed by atoms with Gasteiger partial charge in [-0.2, -0.15) is 0 Å². The Morgan fingerprint density at radius 1 is 1.48 bits per heavy atom. The summed E-state index contributed by atoms with van der Waals surface area (Å²) >= 11 is 6.13. The molecule has 1 aliphatic heterocycles. The van der Waals surface area contributed by atoms with Crippen LogP contribution in [0.1, 0.15) is 31.4 Å². The molecule has 0 aromatic heterocycles. The smallest absolute Gasteiger partial charge is 0.234 e. The van der Waals surface area contributed by atoms with E-state index in [0.29, 0.717) is 30.6 Å². The number of nitrogens with zero attached hydrogens (tertiary/aromatic N) is 1. The molecule has 2 aliphatic rings. The van der Waals surface area contributed by atoms with Gasteiger partial charge in [-0.05, 0) is 37.3 Å². The SMILES string of the molecule is CC(NC(=O)CN1CC(O)(C2CC2)C1)c1ccccc1Cl. The zero-order valence-corrected chi connectivity index (χ0v) is 12.9. The fraction of sp³-hybridized carbons (Fsp3) is 0.562. The van der Waals surface area contributed by atoms with Crippen LogP contribution in [0, 0.1) is 5.92 Å². The lowest BCUT2D eigenvalue weighted by atomic mass is 9.89.